The Balaban J connectivity index is 1.18. The zero-order valence-electron chi connectivity index (χ0n) is 16.9. The van der Waals surface area contributed by atoms with E-state index < -0.39 is 0 Å². The number of nitrogens with zero attached hydrogens (tertiary/aromatic N) is 4. The normalized spacial score (nSPS) is 14.6. The third kappa shape index (κ3) is 5.24. The van der Waals surface area contributed by atoms with Gasteiger partial charge in [-0.25, -0.2) is 9.37 Å². The van der Waals surface area contributed by atoms with Gasteiger partial charge in [0.25, 0.3) is 5.91 Å². The van der Waals surface area contributed by atoms with E-state index in [-0.39, 0.29) is 11.7 Å². The average molecular weight is 407 g/mol. The second-order valence-electron chi connectivity index (χ2n) is 7.49. The van der Waals surface area contributed by atoms with Gasteiger partial charge in [0.1, 0.15) is 5.82 Å². The number of imidazole rings is 1. The minimum atomic E-state index is -0.207. The number of piperazine rings is 1. The van der Waals surface area contributed by atoms with Crippen molar-refractivity contribution in [2.45, 2.75) is 6.54 Å². The highest BCUT2D eigenvalue weighted by molar-refractivity contribution is 5.94. The average Bonchev–Trinajstić information content (AvgIpc) is 3.28. The number of amides is 1. The second kappa shape index (κ2) is 9.54. The first-order valence-electron chi connectivity index (χ1n) is 10.2. The van der Waals surface area contributed by atoms with Crippen LogP contribution in [0.2, 0.25) is 0 Å². The molecule has 3 aromatic rings. The molecule has 0 bridgehead atoms. The summed E-state index contributed by atoms with van der Waals surface area (Å²) in [6, 6.07) is 14.3. The van der Waals surface area contributed by atoms with Gasteiger partial charge in [0.05, 0.1) is 6.33 Å². The van der Waals surface area contributed by atoms with Crippen molar-refractivity contribution in [3.8, 4) is 0 Å². The molecule has 7 heteroatoms. The SMILES string of the molecule is O=C(NCCN1CCN(c2ccc(F)cc2)CC1)c1ccc(Cn2ccnc2)cc1. The Morgan fingerprint density at radius 3 is 2.40 bits per heavy atom. The Labute approximate surface area is 175 Å². The smallest absolute Gasteiger partial charge is 0.251 e. The van der Waals surface area contributed by atoms with Crippen molar-refractivity contribution in [1.82, 2.24) is 19.8 Å². The van der Waals surface area contributed by atoms with E-state index in [0.29, 0.717) is 12.1 Å². The monoisotopic (exact) mass is 407 g/mol. The third-order valence-corrected chi connectivity index (χ3v) is 5.42. The van der Waals surface area contributed by atoms with Crippen LogP contribution >= 0.6 is 0 Å². The maximum absolute atomic E-state index is 13.1. The maximum atomic E-state index is 13.1. The van der Waals surface area contributed by atoms with E-state index in [9.17, 15) is 9.18 Å². The van der Waals surface area contributed by atoms with Gasteiger partial charge in [0.2, 0.25) is 0 Å². The van der Waals surface area contributed by atoms with Gasteiger partial charge in [0.15, 0.2) is 0 Å². The second-order valence-corrected chi connectivity index (χ2v) is 7.49. The highest BCUT2D eigenvalue weighted by atomic mass is 19.1. The van der Waals surface area contributed by atoms with Gasteiger partial charge < -0.3 is 14.8 Å². The number of benzene rings is 2. The fourth-order valence-electron chi connectivity index (χ4n) is 3.66. The van der Waals surface area contributed by atoms with Gasteiger partial charge in [-0.15, -0.1) is 0 Å². The molecule has 6 nitrogen and oxygen atoms in total. The number of aromatic nitrogens is 2. The van der Waals surface area contributed by atoms with E-state index in [1.165, 1.54) is 12.1 Å². The quantitative estimate of drug-likeness (QED) is 0.654. The van der Waals surface area contributed by atoms with Crippen LogP contribution < -0.4 is 10.2 Å². The lowest BCUT2D eigenvalue weighted by Gasteiger charge is -2.36. The molecule has 0 saturated carbocycles. The Kier molecular flexibility index (Phi) is 6.39. The number of hydrogen-bond donors (Lipinski definition) is 1. The highest BCUT2D eigenvalue weighted by Crippen LogP contribution is 2.16. The number of anilines is 1. The zero-order valence-corrected chi connectivity index (χ0v) is 16.9. The first-order valence-corrected chi connectivity index (χ1v) is 10.2. The van der Waals surface area contributed by atoms with Crippen molar-refractivity contribution in [3.05, 3.63) is 84.2 Å². The van der Waals surface area contributed by atoms with Gasteiger partial charge in [-0.2, -0.15) is 0 Å². The van der Waals surface area contributed by atoms with Crippen LogP contribution in [0.15, 0.2) is 67.3 Å². The van der Waals surface area contributed by atoms with Crippen LogP contribution in [0.5, 0.6) is 0 Å². The fraction of sp³-hybridized carbons (Fsp3) is 0.304. The van der Waals surface area contributed by atoms with Gasteiger partial charge >= 0.3 is 0 Å². The fourth-order valence-corrected chi connectivity index (χ4v) is 3.66. The molecule has 30 heavy (non-hydrogen) atoms. The number of rotatable bonds is 7. The molecule has 1 aliphatic rings. The molecule has 0 aliphatic carbocycles. The summed E-state index contributed by atoms with van der Waals surface area (Å²) in [5, 5.41) is 3.01. The summed E-state index contributed by atoms with van der Waals surface area (Å²) in [6.07, 6.45) is 5.45. The molecule has 0 unspecified atom stereocenters. The first kappa shape index (κ1) is 20.1. The van der Waals surface area contributed by atoms with E-state index in [1.807, 2.05) is 47.2 Å². The van der Waals surface area contributed by atoms with E-state index in [2.05, 4.69) is 20.1 Å². The molecule has 156 valence electrons. The van der Waals surface area contributed by atoms with E-state index >= 15 is 0 Å². The van der Waals surface area contributed by atoms with Gasteiger partial charge in [0, 0.05) is 69.5 Å². The van der Waals surface area contributed by atoms with E-state index in [4.69, 9.17) is 0 Å². The predicted octanol–water partition coefficient (Wildman–Crippen LogP) is 2.62. The van der Waals surface area contributed by atoms with Crippen LogP contribution in [-0.4, -0.2) is 59.6 Å². The minimum Gasteiger partial charge on any atom is -0.369 e. The molecule has 1 amide bonds. The molecule has 4 rings (SSSR count). The van der Waals surface area contributed by atoms with Gasteiger partial charge in [-0.1, -0.05) is 12.1 Å². The molecule has 1 saturated heterocycles. The summed E-state index contributed by atoms with van der Waals surface area (Å²) in [5.74, 6) is -0.255. The first-order chi connectivity index (χ1) is 14.7. The summed E-state index contributed by atoms with van der Waals surface area (Å²) >= 11 is 0. The molecular formula is C23H26FN5O. The van der Waals surface area contributed by atoms with Gasteiger partial charge in [-0.3, -0.25) is 9.69 Å². The van der Waals surface area contributed by atoms with Crippen molar-refractivity contribution < 1.29 is 9.18 Å². The van der Waals surface area contributed by atoms with E-state index in [0.717, 1.165) is 50.5 Å². The highest BCUT2D eigenvalue weighted by Gasteiger charge is 2.17. The van der Waals surface area contributed by atoms with Crippen LogP contribution in [-0.2, 0) is 6.54 Å². The largest absolute Gasteiger partial charge is 0.369 e. The molecule has 2 heterocycles. The molecule has 2 aromatic carbocycles. The number of hydrogen-bond acceptors (Lipinski definition) is 4. The molecular weight excluding hydrogens is 381 g/mol. The third-order valence-electron chi connectivity index (χ3n) is 5.42. The molecule has 1 aliphatic heterocycles. The Bertz CT molecular complexity index is 933. The molecule has 1 N–H and O–H groups in total. The summed E-state index contributed by atoms with van der Waals surface area (Å²) in [5.41, 5.74) is 2.86. The lowest BCUT2D eigenvalue weighted by Crippen LogP contribution is -2.48. The van der Waals surface area contributed by atoms with Crippen LogP contribution in [0.4, 0.5) is 10.1 Å². The number of carbonyl (C=O) groups excluding carboxylic acids is 1. The van der Waals surface area contributed by atoms with Crippen molar-refractivity contribution in [3.63, 3.8) is 0 Å². The summed E-state index contributed by atoms with van der Waals surface area (Å²) < 4.78 is 15.1. The Morgan fingerprint density at radius 2 is 1.73 bits per heavy atom. The van der Waals surface area contributed by atoms with Crippen molar-refractivity contribution >= 4 is 11.6 Å². The molecule has 0 atom stereocenters. The molecule has 1 fully saturated rings. The van der Waals surface area contributed by atoms with Crippen molar-refractivity contribution in [2.75, 3.05) is 44.2 Å². The number of nitrogens with one attached hydrogen (secondary N) is 1. The Hall–Kier alpha value is -3.19. The van der Waals surface area contributed by atoms with Crippen LogP contribution in [0.1, 0.15) is 15.9 Å². The van der Waals surface area contributed by atoms with Gasteiger partial charge in [-0.05, 0) is 42.0 Å². The summed E-state index contributed by atoms with van der Waals surface area (Å²) in [6.45, 7) is 5.84. The number of halogens is 1. The lowest BCUT2D eigenvalue weighted by molar-refractivity contribution is 0.0948. The Morgan fingerprint density at radius 1 is 1.00 bits per heavy atom. The summed E-state index contributed by atoms with van der Waals surface area (Å²) in [4.78, 5) is 21.0. The lowest BCUT2D eigenvalue weighted by atomic mass is 10.1. The zero-order chi connectivity index (χ0) is 20.8. The van der Waals surface area contributed by atoms with Crippen LogP contribution in [0.3, 0.4) is 0 Å². The number of carbonyl (C=O) groups is 1. The summed E-state index contributed by atoms with van der Waals surface area (Å²) in [7, 11) is 0. The standard InChI is InChI=1S/C23H26FN5O/c24-21-5-7-22(8-6-21)29-15-13-27(14-16-29)12-10-26-23(30)20-3-1-19(2-4-20)17-28-11-9-25-18-28/h1-9,11,18H,10,12-17H2,(H,26,30). The topological polar surface area (TPSA) is 53.4 Å². The maximum Gasteiger partial charge on any atom is 0.251 e. The molecule has 0 spiro atoms. The van der Waals surface area contributed by atoms with Crippen LogP contribution in [0, 0.1) is 5.82 Å². The molecule has 0 radical (unpaired) electrons. The minimum absolute atomic E-state index is 0.0471. The van der Waals surface area contributed by atoms with E-state index in [1.54, 1.807) is 12.5 Å². The molecule has 1 aromatic heterocycles. The van der Waals surface area contributed by atoms with Crippen molar-refractivity contribution in [1.29, 1.82) is 0 Å². The predicted molar refractivity (Wildman–Crippen MR) is 115 cm³/mol. The van der Waals surface area contributed by atoms with Crippen molar-refractivity contribution in [2.24, 2.45) is 0 Å². The van der Waals surface area contributed by atoms with Crippen LogP contribution in [0.25, 0.3) is 0 Å².